The van der Waals surface area contributed by atoms with Crippen molar-refractivity contribution in [1.82, 2.24) is 9.88 Å². The lowest BCUT2D eigenvalue weighted by molar-refractivity contribution is -0.115. The van der Waals surface area contributed by atoms with Crippen LogP contribution < -0.4 is 5.32 Å². The number of hydrogen-bond acceptors (Lipinski definition) is 4. The lowest BCUT2D eigenvalue weighted by atomic mass is 10.0. The molecule has 106 valence electrons. The Balaban J connectivity index is 1.91. The van der Waals surface area contributed by atoms with Crippen LogP contribution in [0.15, 0.2) is 6.20 Å². The lowest BCUT2D eigenvalue weighted by Crippen LogP contribution is -2.36. The van der Waals surface area contributed by atoms with Crippen molar-refractivity contribution in [2.45, 2.75) is 51.1 Å². The van der Waals surface area contributed by atoms with Gasteiger partial charge in [-0.2, -0.15) is 0 Å². The van der Waals surface area contributed by atoms with Crippen molar-refractivity contribution in [3.05, 3.63) is 11.1 Å². The van der Waals surface area contributed by atoms with Crippen molar-refractivity contribution in [3.8, 4) is 0 Å². The summed E-state index contributed by atoms with van der Waals surface area (Å²) in [5.74, 6) is -0.200. The molecule has 0 aromatic carbocycles. The first-order chi connectivity index (χ1) is 9.06. The van der Waals surface area contributed by atoms with E-state index in [9.17, 15) is 4.79 Å². The van der Waals surface area contributed by atoms with E-state index >= 15 is 0 Å². The van der Waals surface area contributed by atoms with E-state index in [-0.39, 0.29) is 5.91 Å². The van der Waals surface area contributed by atoms with Crippen molar-refractivity contribution in [3.63, 3.8) is 0 Å². The Hall–Kier alpha value is -0.650. The maximum Gasteiger partial charge on any atom is 0.243 e. The van der Waals surface area contributed by atoms with E-state index in [1.54, 1.807) is 6.92 Å². The highest BCUT2D eigenvalue weighted by molar-refractivity contribution is 7.15. The SMILES string of the molecule is CC(Cl)C(=O)Nc1ncc(CN2CCCCC2C)s1. The molecule has 0 spiro atoms. The predicted molar refractivity (Wildman–Crippen MR) is 79.8 cm³/mol. The number of hydrogen-bond donors (Lipinski definition) is 1. The average Bonchev–Trinajstić information content (AvgIpc) is 2.79. The molecular formula is C13H20ClN3OS. The quantitative estimate of drug-likeness (QED) is 0.869. The van der Waals surface area contributed by atoms with E-state index in [1.165, 1.54) is 35.5 Å². The molecule has 1 N–H and O–H groups in total. The number of piperidine rings is 1. The highest BCUT2D eigenvalue weighted by Crippen LogP contribution is 2.24. The van der Waals surface area contributed by atoms with Gasteiger partial charge in [0, 0.05) is 23.7 Å². The monoisotopic (exact) mass is 301 g/mol. The van der Waals surface area contributed by atoms with Gasteiger partial charge in [0.25, 0.3) is 0 Å². The number of amides is 1. The van der Waals surface area contributed by atoms with Crippen LogP contribution in [0.1, 0.15) is 38.0 Å². The summed E-state index contributed by atoms with van der Waals surface area (Å²) in [4.78, 5) is 19.4. The molecule has 2 heterocycles. The van der Waals surface area contributed by atoms with E-state index in [4.69, 9.17) is 11.6 Å². The maximum absolute atomic E-state index is 11.5. The number of aromatic nitrogens is 1. The molecular weight excluding hydrogens is 282 g/mol. The van der Waals surface area contributed by atoms with Crippen molar-refractivity contribution >= 4 is 34.0 Å². The van der Waals surface area contributed by atoms with Crippen LogP contribution in [0, 0.1) is 0 Å². The number of carbonyl (C=O) groups is 1. The average molecular weight is 302 g/mol. The molecule has 6 heteroatoms. The second-order valence-corrected chi connectivity index (χ2v) is 6.82. The Morgan fingerprint density at radius 2 is 2.47 bits per heavy atom. The number of alkyl halides is 1. The summed E-state index contributed by atoms with van der Waals surface area (Å²) in [7, 11) is 0. The first-order valence-electron chi connectivity index (χ1n) is 6.70. The van der Waals surface area contributed by atoms with Crippen LogP contribution >= 0.6 is 22.9 Å². The molecule has 1 aromatic rings. The van der Waals surface area contributed by atoms with E-state index in [1.807, 2.05) is 6.20 Å². The molecule has 1 fully saturated rings. The highest BCUT2D eigenvalue weighted by Gasteiger charge is 2.19. The molecule has 0 aliphatic carbocycles. The summed E-state index contributed by atoms with van der Waals surface area (Å²) >= 11 is 7.25. The Kier molecular flexibility index (Phi) is 5.19. The molecule has 1 amide bonds. The molecule has 4 nitrogen and oxygen atoms in total. The summed E-state index contributed by atoms with van der Waals surface area (Å²) in [6.45, 7) is 6.00. The van der Waals surface area contributed by atoms with Gasteiger partial charge in [0.2, 0.25) is 5.91 Å². The lowest BCUT2D eigenvalue weighted by Gasteiger charge is -2.32. The molecule has 1 aliphatic heterocycles. The van der Waals surface area contributed by atoms with Gasteiger partial charge in [-0.15, -0.1) is 22.9 Å². The first kappa shape index (κ1) is 14.8. The molecule has 2 unspecified atom stereocenters. The second kappa shape index (κ2) is 6.68. The van der Waals surface area contributed by atoms with E-state index in [0.29, 0.717) is 11.2 Å². The summed E-state index contributed by atoms with van der Waals surface area (Å²) in [6, 6.07) is 0.636. The Labute approximate surface area is 123 Å². The molecule has 0 radical (unpaired) electrons. The topological polar surface area (TPSA) is 45.2 Å². The molecule has 1 saturated heterocycles. The fourth-order valence-corrected chi connectivity index (χ4v) is 3.13. The fourth-order valence-electron chi connectivity index (χ4n) is 2.24. The fraction of sp³-hybridized carbons (Fsp3) is 0.692. The van der Waals surface area contributed by atoms with Crippen LogP contribution in [-0.2, 0) is 11.3 Å². The zero-order valence-electron chi connectivity index (χ0n) is 11.4. The van der Waals surface area contributed by atoms with Gasteiger partial charge in [-0.1, -0.05) is 6.42 Å². The molecule has 19 heavy (non-hydrogen) atoms. The Bertz CT molecular complexity index is 435. The van der Waals surface area contributed by atoms with Gasteiger partial charge in [-0.05, 0) is 33.2 Å². The largest absolute Gasteiger partial charge is 0.301 e. The van der Waals surface area contributed by atoms with Crippen molar-refractivity contribution in [2.75, 3.05) is 11.9 Å². The normalized spacial score (nSPS) is 22.2. The van der Waals surface area contributed by atoms with Crippen LogP contribution in [0.25, 0.3) is 0 Å². The minimum atomic E-state index is -0.533. The Morgan fingerprint density at radius 1 is 1.68 bits per heavy atom. The van der Waals surface area contributed by atoms with E-state index in [0.717, 1.165) is 13.1 Å². The second-order valence-electron chi connectivity index (χ2n) is 5.05. The van der Waals surface area contributed by atoms with Crippen LogP contribution in [0.3, 0.4) is 0 Å². The molecule has 2 rings (SSSR count). The molecule has 1 aliphatic rings. The van der Waals surface area contributed by atoms with Gasteiger partial charge in [0.05, 0.1) is 0 Å². The summed E-state index contributed by atoms with van der Waals surface area (Å²) in [5.41, 5.74) is 0. The third-order valence-corrected chi connectivity index (χ3v) is 4.54. The third-order valence-electron chi connectivity index (χ3n) is 3.44. The van der Waals surface area contributed by atoms with Crippen LogP contribution in [0.4, 0.5) is 5.13 Å². The minimum absolute atomic E-state index is 0.200. The van der Waals surface area contributed by atoms with Crippen LogP contribution in [0.2, 0.25) is 0 Å². The van der Waals surface area contributed by atoms with Gasteiger partial charge in [-0.3, -0.25) is 9.69 Å². The molecule has 2 atom stereocenters. The van der Waals surface area contributed by atoms with Gasteiger partial charge in [-0.25, -0.2) is 4.98 Å². The number of thiazole rings is 1. The van der Waals surface area contributed by atoms with E-state index < -0.39 is 5.38 Å². The number of nitrogens with zero attached hydrogens (tertiary/aromatic N) is 2. The summed E-state index contributed by atoms with van der Waals surface area (Å²) in [5, 5.41) is 2.83. The van der Waals surface area contributed by atoms with Crippen molar-refractivity contribution < 1.29 is 4.79 Å². The number of halogens is 1. The summed E-state index contributed by atoms with van der Waals surface area (Å²) < 4.78 is 0. The van der Waals surface area contributed by atoms with Gasteiger partial charge >= 0.3 is 0 Å². The highest BCUT2D eigenvalue weighted by atomic mass is 35.5. The Morgan fingerprint density at radius 3 is 3.16 bits per heavy atom. The maximum atomic E-state index is 11.5. The first-order valence-corrected chi connectivity index (χ1v) is 7.95. The van der Waals surface area contributed by atoms with Crippen LogP contribution in [0.5, 0.6) is 0 Å². The molecule has 1 aromatic heterocycles. The number of carbonyl (C=O) groups excluding carboxylic acids is 1. The number of rotatable bonds is 4. The van der Waals surface area contributed by atoms with E-state index in [2.05, 4.69) is 22.1 Å². The number of likely N-dealkylation sites (tertiary alicyclic amines) is 1. The van der Waals surface area contributed by atoms with Gasteiger partial charge in [0.1, 0.15) is 5.38 Å². The zero-order chi connectivity index (χ0) is 13.8. The number of nitrogens with one attached hydrogen (secondary N) is 1. The number of anilines is 1. The molecule has 0 saturated carbocycles. The minimum Gasteiger partial charge on any atom is -0.301 e. The van der Waals surface area contributed by atoms with Crippen molar-refractivity contribution in [1.29, 1.82) is 0 Å². The molecule has 0 bridgehead atoms. The van der Waals surface area contributed by atoms with Crippen LogP contribution in [-0.4, -0.2) is 33.8 Å². The van der Waals surface area contributed by atoms with Gasteiger partial charge < -0.3 is 5.32 Å². The van der Waals surface area contributed by atoms with Gasteiger partial charge in [0.15, 0.2) is 5.13 Å². The third kappa shape index (κ3) is 4.16. The van der Waals surface area contributed by atoms with Crippen molar-refractivity contribution in [2.24, 2.45) is 0 Å². The smallest absolute Gasteiger partial charge is 0.243 e. The standard InChI is InChI=1S/C13H20ClN3OS/c1-9-5-3-4-6-17(9)8-11-7-15-13(19-11)16-12(18)10(2)14/h7,9-10H,3-6,8H2,1-2H3,(H,15,16,18). The summed E-state index contributed by atoms with van der Waals surface area (Å²) in [6.07, 6.45) is 5.72. The predicted octanol–water partition coefficient (Wildman–Crippen LogP) is 3.08. The zero-order valence-corrected chi connectivity index (χ0v) is 12.9.